The molecule has 0 fully saturated rings. The van der Waals surface area contributed by atoms with E-state index in [0.29, 0.717) is 25.8 Å². The number of fused-ring (bicyclic) bond motifs is 1. The lowest BCUT2D eigenvalue weighted by Crippen LogP contribution is -1.95. The minimum atomic E-state index is -0.363. The average Bonchev–Trinajstić information content (AvgIpc) is 2.48. The lowest BCUT2D eigenvalue weighted by Gasteiger charge is -2.12. The van der Waals surface area contributed by atoms with Crippen LogP contribution < -0.4 is 10.5 Å². The second-order valence-electron chi connectivity index (χ2n) is 4.50. The van der Waals surface area contributed by atoms with Crippen molar-refractivity contribution >= 4 is 50.7 Å². The molecule has 3 aromatic carbocycles. The van der Waals surface area contributed by atoms with Gasteiger partial charge in [0, 0.05) is 21.9 Å². The molecule has 3 rings (SSSR count). The third kappa shape index (κ3) is 2.78. The summed E-state index contributed by atoms with van der Waals surface area (Å²) < 4.78 is 19.9. The summed E-state index contributed by atoms with van der Waals surface area (Å²) in [5.41, 5.74) is 6.28. The molecule has 0 saturated carbocycles. The number of benzene rings is 3. The van der Waals surface area contributed by atoms with Crippen LogP contribution in [0.2, 0.25) is 5.02 Å². The molecule has 0 unspecified atom stereocenters. The molecule has 0 saturated heterocycles. The molecule has 0 spiro atoms. The predicted octanol–water partition coefficient (Wildman–Crippen LogP) is 5.61. The van der Waals surface area contributed by atoms with Crippen molar-refractivity contribution in [3.05, 3.63) is 62.9 Å². The van der Waals surface area contributed by atoms with Crippen LogP contribution in [0.15, 0.2) is 48.5 Å². The van der Waals surface area contributed by atoms with Crippen molar-refractivity contribution in [1.29, 1.82) is 0 Å². The van der Waals surface area contributed by atoms with Crippen molar-refractivity contribution in [3.63, 3.8) is 0 Å². The van der Waals surface area contributed by atoms with Crippen LogP contribution in [-0.2, 0) is 0 Å². The number of rotatable bonds is 2. The summed E-state index contributed by atoms with van der Waals surface area (Å²) >= 11 is 8.06. The molecule has 0 aliphatic heterocycles. The van der Waals surface area contributed by atoms with E-state index >= 15 is 0 Å². The van der Waals surface area contributed by atoms with Gasteiger partial charge >= 0.3 is 0 Å². The van der Waals surface area contributed by atoms with Crippen molar-refractivity contribution < 1.29 is 9.13 Å². The van der Waals surface area contributed by atoms with Gasteiger partial charge < -0.3 is 10.5 Å². The van der Waals surface area contributed by atoms with Crippen molar-refractivity contribution in [2.75, 3.05) is 5.73 Å². The van der Waals surface area contributed by atoms with Gasteiger partial charge in [0.15, 0.2) is 5.75 Å². The number of hydrogen-bond acceptors (Lipinski definition) is 2. The summed E-state index contributed by atoms with van der Waals surface area (Å²) in [7, 11) is 0. The van der Waals surface area contributed by atoms with Gasteiger partial charge in [0.2, 0.25) is 0 Å². The minimum absolute atomic E-state index is 0.292. The number of nitrogen functional groups attached to an aromatic ring is 1. The van der Waals surface area contributed by atoms with E-state index in [9.17, 15) is 4.39 Å². The van der Waals surface area contributed by atoms with Gasteiger partial charge in [0.1, 0.15) is 11.6 Å². The molecule has 0 aromatic heterocycles. The van der Waals surface area contributed by atoms with Gasteiger partial charge in [-0.2, -0.15) is 0 Å². The number of halogens is 3. The highest BCUT2D eigenvalue weighted by molar-refractivity contribution is 14.1. The van der Waals surface area contributed by atoms with Gasteiger partial charge in [0.25, 0.3) is 0 Å². The van der Waals surface area contributed by atoms with Crippen LogP contribution in [0.1, 0.15) is 0 Å². The zero-order chi connectivity index (χ0) is 15.0. The number of anilines is 1. The third-order valence-corrected chi connectivity index (χ3v) is 4.26. The Balaban J connectivity index is 2.11. The number of ether oxygens (including phenoxy) is 1. The molecular formula is C16H10ClFINO. The Labute approximate surface area is 139 Å². The summed E-state index contributed by atoms with van der Waals surface area (Å²) in [4.78, 5) is 0. The van der Waals surface area contributed by atoms with Crippen LogP contribution >= 0.6 is 34.2 Å². The quantitative estimate of drug-likeness (QED) is 0.438. The molecular weight excluding hydrogens is 404 g/mol. The van der Waals surface area contributed by atoms with E-state index in [2.05, 4.69) is 0 Å². The van der Waals surface area contributed by atoms with Gasteiger partial charge in [-0.25, -0.2) is 4.39 Å². The van der Waals surface area contributed by atoms with E-state index in [4.69, 9.17) is 22.1 Å². The molecule has 106 valence electrons. The molecule has 3 aromatic rings. The predicted molar refractivity (Wildman–Crippen MR) is 92.6 cm³/mol. The first-order chi connectivity index (χ1) is 10.1. The zero-order valence-electron chi connectivity index (χ0n) is 10.7. The van der Waals surface area contributed by atoms with Gasteiger partial charge in [-0.05, 0) is 40.8 Å². The van der Waals surface area contributed by atoms with Gasteiger partial charge in [-0.3, -0.25) is 0 Å². The van der Waals surface area contributed by atoms with Gasteiger partial charge in [-0.15, -0.1) is 0 Å². The molecule has 0 radical (unpaired) electrons. The summed E-state index contributed by atoms with van der Waals surface area (Å²) in [6.07, 6.45) is 0. The molecule has 0 atom stereocenters. The summed E-state index contributed by atoms with van der Waals surface area (Å²) in [5, 5.41) is 2.37. The smallest absolute Gasteiger partial charge is 0.153 e. The van der Waals surface area contributed by atoms with Crippen molar-refractivity contribution in [1.82, 2.24) is 0 Å². The van der Waals surface area contributed by atoms with Crippen molar-refractivity contribution in [2.45, 2.75) is 0 Å². The van der Waals surface area contributed by atoms with E-state index in [0.717, 1.165) is 10.8 Å². The first-order valence-electron chi connectivity index (χ1n) is 6.16. The first kappa shape index (κ1) is 14.4. The molecule has 2 nitrogen and oxygen atoms in total. The molecule has 0 heterocycles. The topological polar surface area (TPSA) is 35.2 Å². The Kier molecular flexibility index (Phi) is 3.91. The number of hydrogen-bond donors (Lipinski definition) is 1. The van der Waals surface area contributed by atoms with E-state index < -0.39 is 0 Å². The second-order valence-corrected chi connectivity index (χ2v) is 6.07. The van der Waals surface area contributed by atoms with Crippen LogP contribution in [0.3, 0.4) is 0 Å². The Morgan fingerprint density at radius 2 is 1.71 bits per heavy atom. The summed E-state index contributed by atoms with van der Waals surface area (Å²) in [6.45, 7) is 0. The Morgan fingerprint density at radius 3 is 2.48 bits per heavy atom. The molecule has 0 aliphatic rings. The highest BCUT2D eigenvalue weighted by Crippen LogP contribution is 2.36. The van der Waals surface area contributed by atoms with Crippen LogP contribution in [0.5, 0.6) is 11.5 Å². The maximum absolute atomic E-state index is 13.7. The summed E-state index contributed by atoms with van der Waals surface area (Å²) in [5.74, 6) is 0.515. The molecule has 2 N–H and O–H groups in total. The summed E-state index contributed by atoms with van der Waals surface area (Å²) in [6, 6.07) is 13.9. The fraction of sp³-hybridized carbons (Fsp3) is 0. The van der Waals surface area contributed by atoms with E-state index in [1.807, 2.05) is 46.9 Å². The Morgan fingerprint density at radius 1 is 1.00 bits per heavy atom. The molecule has 5 heteroatoms. The van der Waals surface area contributed by atoms with Crippen LogP contribution in [-0.4, -0.2) is 0 Å². The van der Waals surface area contributed by atoms with E-state index in [1.54, 1.807) is 18.2 Å². The normalized spacial score (nSPS) is 10.8. The van der Waals surface area contributed by atoms with Crippen LogP contribution in [0.25, 0.3) is 10.8 Å². The number of nitrogens with two attached hydrogens (primary N) is 1. The average molecular weight is 414 g/mol. The third-order valence-electron chi connectivity index (χ3n) is 3.10. The molecule has 0 amide bonds. The maximum atomic E-state index is 13.7. The fourth-order valence-corrected chi connectivity index (χ4v) is 2.79. The van der Waals surface area contributed by atoms with E-state index in [-0.39, 0.29) is 5.82 Å². The maximum Gasteiger partial charge on any atom is 0.153 e. The largest absolute Gasteiger partial charge is 0.454 e. The van der Waals surface area contributed by atoms with Crippen LogP contribution in [0.4, 0.5) is 10.1 Å². The van der Waals surface area contributed by atoms with Crippen molar-refractivity contribution in [2.24, 2.45) is 0 Å². The second kappa shape index (κ2) is 5.69. The fourth-order valence-electron chi connectivity index (χ4n) is 2.07. The molecule has 0 aliphatic carbocycles. The zero-order valence-corrected chi connectivity index (χ0v) is 13.7. The standard InChI is InChI=1S/C16H10ClFINO/c17-11-5-6-15(10-4-2-1-3-9(10)11)21-16-7-12(18)13(19)8-14(16)20/h1-8H,20H2. The minimum Gasteiger partial charge on any atom is -0.454 e. The van der Waals surface area contributed by atoms with Crippen LogP contribution in [0, 0.1) is 9.39 Å². The SMILES string of the molecule is Nc1cc(I)c(F)cc1Oc1ccc(Cl)c2ccccc12. The Hall–Kier alpha value is -1.53. The first-order valence-corrected chi connectivity index (χ1v) is 7.61. The van der Waals surface area contributed by atoms with E-state index in [1.165, 1.54) is 6.07 Å². The monoisotopic (exact) mass is 413 g/mol. The lowest BCUT2D eigenvalue weighted by molar-refractivity contribution is 0.484. The molecule has 21 heavy (non-hydrogen) atoms. The Bertz CT molecular complexity index is 838. The molecule has 0 bridgehead atoms. The highest BCUT2D eigenvalue weighted by atomic mass is 127. The lowest BCUT2D eigenvalue weighted by atomic mass is 10.1. The highest BCUT2D eigenvalue weighted by Gasteiger charge is 2.11. The van der Waals surface area contributed by atoms with Crippen molar-refractivity contribution in [3.8, 4) is 11.5 Å². The van der Waals surface area contributed by atoms with Gasteiger partial charge in [-0.1, -0.05) is 35.9 Å². The van der Waals surface area contributed by atoms with Gasteiger partial charge in [0.05, 0.1) is 9.26 Å².